The van der Waals surface area contributed by atoms with E-state index in [-0.39, 0.29) is 5.91 Å². The summed E-state index contributed by atoms with van der Waals surface area (Å²) in [6, 6.07) is 9.15. The molecule has 1 aromatic heterocycles. The first-order valence-electron chi connectivity index (χ1n) is 6.82. The molecule has 0 bridgehead atoms. The fourth-order valence-electron chi connectivity index (χ4n) is 2.08. The van der Waals surface area contributed by atoms with Crippen molar-refractivity contribution in [2.75, 3.05) is 21.3 Å². The number of para-hydroxylation sites is 1. The molecule has 2 rings (SSSR count). The lowest BCUT2D eigenvalue weighted by Gasteiger charge is -2.18. The van der Waals surface area contributed by atoms with Crippen LogP contribution in [0.3, 0.4) is 0 Å². The van der Waals surface area contributed by atoms with Crippen LogP contribution in [-0.2, 0) is 11.3 Å². The molecule has 5 nitrogen and oxygen atoms in total. The standard InChI is InChI=1S/C17H19NO4/c1-18(16(19)10-9-14-7-5-11-22-14)12-13-6-4-8-15(20-2)17(13)21-3/h4-11H,12H2,1-3H3/b10-9+. The highest BCUT2D eigenvalue weighted by molar-refractivity contribution is 5.91. The Bertz CT molecular complexity index is 647. The number of hydrogen-bond donors (Lipinski definition) is 0. The van der Waals surface area contributed by atoms with E-state index in [4.69, 9.17) is 13.9 Å². The van der Waals surface area contributed by atoms with E-state index in [0.29, 0.717) is 23.8 Å². The van der Waals surface area contributed by atoms with Crippen LogP contribution < -0.4 is 9.47 Å². The maximum atomic E-state index is 12.1. The molecule has 0 aliphatic carbocycles. The molecule has 0 fully saturated rings. The molecular weight excluding hydrogens is 282 g/mol. The highest BCUT2D eigenvalue weighted by atomic mass is 16.5. The Balaban J connectivity index is 2.08. The second-order valence-electron chi connectivity index (χ2n) is 4.70. The third kappa shape index (κ3) is 3.69. The van der Waals surface area contributed by atoms with Gasteiger partial charge in [0.05, 0.1) is 20.5 Å². The Morgan fingerprint density at radius 2 is 2.05 bits per heavy atom. The lowest BCUT2D eigenvalue weighted by molar-refractivity contribution is -0.125. The number of likely N-dealkylation sites (N-methyl/N-ethyl adjacent to an activating group) is 1. The predicted molar refractivity (Wildman–Crippen MR) is 83.8 cm³/mol. The van der Waals surface area contributed by atoms with Crippen molar-refractivity contribution in [3.8, 4) is 11.5 Å². The van der Waals surface area contributed by atoms with Crippen LogP contribution in [0.5, 0.6) is 11.5 Å². The van der Waals surface area contributed by atoms with Gasteiger partial charge in [-0.15, -0.1) is 0 Å². The van der Waals surface area contributed by atoms with Gasteiger partial charge in [0.25, 0.3) is 0 Å². The van der Waals surface area contributed by atoms with Gasteiger partial charge >= 0.3 is 0 Å². The minimum absolute atomic E-state index is 0.124. The topological polar surface area (TPSA) is 51.9 Å². The number of benzene rings is 1. The molecule has 0 radical (unpaired) electrons. The molecule has 0 N–H and O–H groups in total. The highest BCUT2D eigenvalue weighted by Gasteiger charge is 2.13. The molecule has 0 unspecified atom stereocenters. The summed E-state index contributed by atoms with van der Waals surface area (Å²) >= 11 is 0. The predicted octanol–water partition coefficient (Wildman–Crippen LogP) is 2.97. The van der Waals surface area contributed by atoms with Crippen LogP contribution in [0.15, 0.2) is 47.1 Å². The Labute approximate surface area is 129 Å². The average molecular weight is 301 g/mol. The fraction of sp³-hybridized carbons (Fsp3) is 0.235. The van der Waals surface area contributed by atoms with Crippen molar-refractivity contribution in [3.05, 3.63) is 54.0 Å². The Kier molecular flexibility index (Phi) is 5.25. The molecule has 0 atom stereocenters. The zero-order chi connectivity index (χ0) is 15.9. The quantitative estimate of drug-likeness (QED) is 0.770. The van der Waals surface area contributed by atoms with Crippen molar-refractivity contribution >= 4 is 12.0 Å². The maximum absolute atomic E-state index is 12.1. The second-order valence-corrected chi connectivity index (χ2v) is 4.70. The molecule has 0 aliphatic heterocycles. The number of carbonyl (C=O) groups excluding carboxylic acids is 1. The summed E-state index contributed by atoms with van der Waals surface area (Å²) in [5.41, 5.74) is 0.879. The summed E-state index contributed by atoms with van der Waals surface area (Å²) in [6.45, 7) is 0.418. The van der Waals surface area contributed by atoms with E-state index in [1.165, 1.54) is 6.08 Å². The average Bonchev–Trinajstić information content (AvgIpc) is 3.05. The first kappa shape index (κ1) is 15.7. The second kappa shape index (κ2) is 7.36. The zero-order valence-electron chi connectivity index (χ0n) is 12.9. The molecule has 2 aromatic rings. The van der Waals surface area contributed by atoms with E-state index in [1.54, 1.807) is 50.6 Å². The normalized spacial score (nSPS) is 10.7. The minimum atomic E-state index is -0.124. The first-order valence-corrected chi connectivity index (χ1v) is 6.82. The van der Waals surface area contributed by atoms with Crippen molar-refractivity contribution in [1.82, 2.24) is 4.90 Å². The molecule has 0 saturated carbocycles. The Morgan fingerprint density at radius 1 is 1.23 bits per heavy atom. The molecule has 116 valence electrons. The summed E-state index contributed by atoms with van der Waals surface area (Å²) in [7, 11) is 4.90. The van der Waals surface area contributed by atoms with Crippen LogP contribution in [0.4, 0.5) is 0 Å². The van der Waals surface area contributed by atoms with Gasteiger partial charge in [0.2, 0.25) is 5.91 Å². The van der Waals surface area contributed by atoms with Gasteiger partial charge in [0.1, 0.15) is 5.76 Å². The largest absolute Gasteiger partial charge is 0.493 e. The number of amides is 1. The van der Waals surface area contributed by atoms with E-state index in [2.05, 4.69) is 0 Å². The number of nitrogens with zero attached hydrogens (tertiary/aromatic N) is 1. The summed E-state index contributed by atoms with van der Waals surface area (Å²) in [4.78, 5) is 13.7. The third-order valence-corrected chi connectivity index (χ3v) is 3.20. The molecule has 1 aromatic carbocycles. The van der Waals surface area contributed by atoms with E-state index < -0.39 is 0 Å². The number of ether oxygens (including phenoxy) is 2. The van der Waals surface area contributed by atoms with Crippen molar-refractivity contribution in [3.63, 3.8) is 0 Å². The van der Waals surface area contributed by atoms with Crippen molar-refractivity contribution < 1.29 is 18.7 Å². The SMILES string of the molecule is COc1cccc(CN(C)C(=O)/C=C/c2ccco2)c1OC. The lowest BCUT2D eigenvalue weighted by atomic mass is 10.1. The zero-order valence-corrected chi connectivity index (χ0v) is 12.9. The maximum Gasteiger partial charge on any atom is 0.246 e. The Hall–Kier alpha value is -2.69. The molecule has 0 aliphatic rings. The van der Waals surface area contributed by atoms with Gasteiger partial charge in [-0.05, 0) is 24.3 Å². The first-order chi connectivity index (χ1) is 10.7. The Morgan fingerprint density at radius 3 is 2.68 bits per heavy atom. The molecule has 5 heteroatoms. The van der Waals surface area contributed by atoms with Crippen LogP contribution in [0.25, 0.3) is 6.08 Å². The summed E-state index contributed by atoms with van der Waals surface area (Å²) in [5, 5.41) is 0. The van der Waals surface area contributed by atoms with Gasteiger partial charge in [-0.1, -0.05) is 12.1 Å². The summed E-state index contributed by atoms with van der Waals surface area (Å²) in [6.07, 6.45) is 4.68. The van der Waals surface area contributed by atoms with Crippen LogP contribution in [-0.4, -0.2) is 32.1 Å². The molecule has 1 amide bonds. The molecule has 22 heavy (non-hydrogen) atoms. The van der Waals surface area contributed by atoms with E-state index in [0.717, 1.165) is 5.56 Å². The molecule has 0 spiro atoms. The number of furan rings is 1. The number of methoxy groups -OCH3 is 2. The van der Waals surface area contributed by atoms with Crippen LogP contribution in [0, 0.1) is 0 Å². The van der Waals surface area contributed by atoms with Gasteiger partial charge in [-0.2, -0.15) is 0 Å². The molecular formula is C17H19NO4. The van der Waals surface area contributed by atoms with Gasteiger partial charge in [0, 0.05) is 25.2 Å². The van der Waals surface area contributed by atoms with E-state index in [1.807, 2.05) is 18.2 Å². The fourth-order valence-corrected chi connectivity index (χ4v) is 2.08. The van der Waals surface area contributed by atoms with Crippen molar-refractivity contribution in [1.29, 1.82) is 0 Å². The summed E-state index contributed by atoms with van der Waals surface area (Å²) < 4.78 is 15.8. The van der Waals surface area contributed by atoms with Gasteiger partial charge in [-0.3, -0.25) is 4.79 Å². The number of rotatable bonds is 6. The highest BCUT2D eigenvalue weighted by Crippen LogP contribution is 2.31. The van der Waals surface area contributed by atoms with Crippen molar-refractivity contribution in [2.45, 2.75) is 6.54 Å². The monoisotopic (exact) mass is 301 g/mol. The van der Waals surface area contributed by atoms with Crippen molar-refractivity contribution in [2.24, 2.45) is 0 Å². The van der Waals surface area contributed by atoms with Crippen LogP contribution >= 0.6 is 0 Å². The number of hydrogen-bond acceptors (Lipinski definition) is 4. The lowest BCUT2D eigenvalue weighted by Crippen LogP contribution is -2.24. The van der Waals surface area contributed by atoms with Gasteiger partial charge in [0.15, 0.2) is 11.5 Å². The third-order valence-electron chi connectivity index (χ3n) is 3.20. The summed E-state index contributed by atoms with van der Waals surface area (Å²) in [5.74, 6) is 1.80. The van der Waals surface area contributed by atoms with E-state index in [9.17, 15) is 4.79 Å². The van der Waals surface area contributed by atoms with E-state index >= 15 is 0 Å². The minimum Gasteiger partial charge on any atom is -0.493 e. The van der Waals surface area contributed by atoms with Gasteiger partial charge < -0.3 is 18.8 Å². The van der Waals surface area contributed by atoms with Crippen LogP contribution in [0.2, 0.25) is 0 Å². The van der Waals surface area contributed by atoms with Crippen LogP contribution in [0.1, 0.15) is 11.3 Å². The molecule has 0 saturated heterocycles. The number of carbonyl (C=O) groups is 1. The van der Waals surface area contributed by atoms with Gasteiger partial charge in [-0.25, -0.2) is 0 Å². The molecule has 1 heterocycles. The smallest absolute Gasteiger partial charge is 0.246 e.